The van der Waals surface area contributed by atoms with Crippen molar-refractivity contribution < 1.29 is 14.4 Å². The highest BCUT2D eigenvalue weighted by atomic mass is 16.6. The molecule has 1 heterocycles. The minimum Gasteiger partial charge on any atom is -0.494 e. The lowest BCUT2D eigenvalue weighted by Crippen LogP contribution is -2.09. The summed E-state index contributed by atoms with van der Waals surface area (Å²) in [4.78, 5) is 10.5. The summed E-state index contributed by atoms with van der Waals surface area (Å²) >= 11 is 0. The summed E-state index contributed by atoms with van der Waals surface area (Å²) in [5.41, 5.74) is 0.768. The fraction of sp³-hybridized carbons (Fsp3) is 0.571. The van der Waals surface area contributed by atoms with Crippen LogP contribution in [-0.2, 0) is 4.74 Å². The van der Waals surface area contributed by atoms with E-state index in [1.54, 1.807) is 6.07 Å². The molecule has 1 aromatic carbocycles. The van der Waals surface area contributed by atoms with Crippen LogP contribution in [0.3, 0.4) is 0 Å². The van der Waals surface area contributed by atoms with Crippen LogP contribution in [0.25, 0.3) is 0 Å². The van der Waals surface area contributed by atoms with Gasteiger partial charge in [0.05, 0.1) is 17.6 Å². The largest absolute Gasteiger partial charge is 0.494 e. The van der Waals surface area contributed by atoms with Crippen LogP contribution >= 0.6 is 0 Å². The molecule has 0 bridgehead atoms. The van der Waals surface area contributed by atoms with Crippen LogP contribution < -0.4 is 10.1 Å². The van der Waals surface area contributed by atoms with Gasteiger partial charge in [-0.15, -0.1) is 0 Å². The third-order valence-corrected chi connectivity index (χ3v) is 3.32. The summed E-state index contributed by atoms with van der Waals surface area (Å²) in [7, 11) is 0. The van der Waals surface area contributed by atoms with Crippen molar-refractivity contribution in [1.82, 2.24) is 0 Å². The molecular weight excluding hydrogens is 260 g/mol. The number of non-ortho nitro benzene ring substituents is 1. The van der Waals surface area contributed by atoms with E-state index >= 15 is 0 Å². The Morgan fingerprint density at radius 1 is 1.50 bits per heavy atom. The molecule has 1 aromatic rings. The lowest BCUT2D eigenvalue weighted by molar-refractivity contribution is -0.384. The van der Waals surface area contributed by atoms with Crippen molar-refractivity contribution in [3.05, 3.63) is 28.3 Å². The van der Waals surface area contributed by atoms with Gasteiger partial charge in [-0.25, -0.2) is 0 Å². The Labute approximate surface area is 118 Å². The first-order chi connectivity index (χ1) is 9.69. The third kappa shape index (κ3) is 4.09. The second kappa shape index (κ2) is 7.09. The van der Waals surface area contributed by atoms with E-state index in [9.17, 15) is 10.1 Å². The third-order valence-electron chi connectivity index (χ3n) is 3.32. The zero-order chi connectivity index (χ0) is 14.4. The zero-order valence-electron chi connectivity index (χ0n) is 11.6. The van der Waals surface area contributed by atoms with E-state index in [2.05, 4.69) is 5.32 Å². The van der Waals surface area contributed by atoms with Gasteiger partial charge in [0.1, 0.15) is 5.75 Å². The monoisotopic (exact) mass is 280 g/mol. The smallest absolute Gasteiger partial charge is 0.275 e. The first kappa shape index (κ1) is 14.6. The average molecular weight is 280 g/mol. The fourth-order valence-electron chi connectivity index (χ4n) is 2.27. The molecule has 20 heavy (non-hydrogen) atoms. The maximum absolute atomic E-state index is 10.9. The van der Waals surface area contributed by atoms with Crippen molar-refractivity contribution in [2.75, 3.05) is 31.7 Å². The molecule has 1 saturated heterocycles. The van der Waals surface area contributed by atoms with Crippen LogP contribution in [0.1, 0.15) is 19.8 Å². The highest BCUT2D eigenvalue weighted by Crippen LogP contribution is 2.26. The molecule has 1 aliphatic rings. The lowest BCUT2D eigenvalue weighted by atomic mass is 10.1. The Morgan fingerprint density at radius 2 is 2.35 bits per heavy atom. The molecule has 2 rings (SSSR count). The highest BCUT2D eigenvalue weighted by molar-refractivity contribution is 5.56. The number of benzene rings is 1. The van der Waals surface area contributed by atoms with Gasteiger partial charge in [0, 0.05) is 37.6 Å². The normalized spacial score (nSPS) is 17.9. The Bertz CT molecular complexity index is 458. The molecule has 0 saturated carbocycles. The molecule has 1 N–H and O–H groups in total. The van der Waals surface area contributed by atoms with E-state index in [-0.39, 0.29) is 5.69 Å². The predicted octanol–water partition coefficient (Wildman–Crippen LogP) is 2.83. The first-order valence-electron chi connectivity index (χ1n) is 6.93. The summed E-state index contributed by atoms with van der Waals surface area (Å²) in [5.74, 6) is 1.11. The highest BCUT2D eigenvalue weighted by Gasteiger charge is 2.15. The summed E-state index contributed by atoms with van der Waals surface area (Å²) in [6.07, 6.45) is 2.10. The SMILES string of the molecule is CCOc1cc(NCCC2CCOC2)cc([N+](=O)[O-])c1. The minimum atomic E-state index is -0.404. The van der Waals surface area contributed by atoms with Crippen LogP contribution in [0.2, 0.25) is 0 Å². The predicted molar refractivity (Wildman–Crippen MR) is 76.3 cm³/mol. The van der Waals surface area contributed by atoms with Gasteiger partial charge in [-0.3, -0.25) is 10.1 Å². The van der Waals surface area contributed by atoms with Gasteiger partial charge in [-0.2, -0.15) is 0 Å². The van der Waals surface area contributed by atoms with Gasteiger partial charge in [0.25, 0.3) is 5.69 Å². The van der Waals surface area contributed by atoms with Crippen LogP contribution in [0.4, 0.5) is 11.4 Å². The Morgan fingerprint density at radius 3 is 3.00 bits per heavy atom. The molecule has 1 aliphatic heterocycles. The lowest BCUT2D eigenvalue weighted by Gasteiger charge is -2.11. The maximum atomic E-state index is 10.9. The second-order valence-corrected chi connectivity index (χ2v) is 4.85. The van der Waals surface area contributed by atoms with Crippen LogP contribution in [0.5, 0.6) is 5.75 Å². The summed E-state index contributed by atoms with van der Waals surface area (Å²) in [6.45, 7) is 4.78. The fourth-order valence-corrected chi connectivity index (χ4v) is 2.27. The van der Waals surface area contributed by atoms with E-state index < -0.39 is 4.92 Å². The zero-order valence-corrected chi connectivity index (χ0v) is 11.6. The molecule has 1 unspecified atom stereocenters. The second-order valence-electron chi connectivity index (χ2n) is 4.85. The maximum Gasteiger partial charge on any atom is 0.275 e. The van der Waals surface area contributed by atoms with Gasteiger partial charge in [-0.1, -0.05) is 0 Å². The molecule has 0 spiro atoms. The number of nitro benzene ring substituents is 1. The number of ether oxygens (including phenoxy) is 2. The molecule has 0 aromatic heterocycles. The molecule has 110 valence electrons. The van der Waals surface area contributed by atoms with Gasteiger partial charge >= 0.3 is 0 Å². The van der Waals surface area contributed by atoms with Gasteiger partial charge in [0.15, 0.2) is 0 Å². The van der Waals surface area contributed by atoms with E-state index in [1.165, 1.54) is 12.1 Å². The first-order valence-corrected chi connectivity index (χ1v) is 6.93. The topological polar surface area (TPSA) is 73.6 Å². The van der Waals surface area contributed by atoms with Gasteiger partial charge in [-0.05, 0) is 25.7 Å². The van der Waals surface area contributed by atoms with E-state index in [4.69, 9.17) is 9.47 Å². The number of nitrogens with one attached hydrogen (secondary N) is 1. The number of anilines is 1. The van der Waals surface area contributed by atoms with Crippen LogP contribution in [0, 0.1) is 16.0 Å². The van der Waals surface area contributed by atoms with Crippen molar-refractivity contribution in [3.63, 3.8) is 0 Å². The number of nitrogens with zero attached hydrogens (tertiary/aromatic N) is 1. The molecular formula is C14H20N2O4. The van der Waals surface area contributed by atoms with Crippen molar-refractivity contribution >= 4 is 11.4 Å². The van der Waals surface area contributed by atoms with Crippen molar-refractivity contribution in [3.8, 4) is 5.75 Å². The van der Waals surface area contributed by atoms with Crippen LogP contribution in [0.15, 0.2) is 18.2 Å². The summed E-state index contributed by atoms with van der Waals surface area (Å²) in [6, 6.07) is 4.77. The standard InChI is InChI=1S/C14H20N2O4/c1-2-20-14-8-12(7-13(9-14)16(17)18)15-5-3-11-4-6-19-10-11/h7-9,11,15H,2-6,10H2,1H3. The average Bonchev–Trinajstić information content (AvgIpc) is 2.92. The van der Waals surface area contributed by atoms with E-state index in [0.29, 0.717) is 18.3 Å². The molecule has 6 heteroatoms. The number of hydrogen-bond donors (Lipinski definition) is 1. The minimum absolute atomic E-state index is 0.0441. The van der Waals surface area contributed by atoms with Gasteiger partial charge < -0.3 is 14.8 Å². The quantitative estimate of drug-likeness (QED) is 0.614. The molecule has 0 amide bonds. The van der Waals surface area contributed by atoms with Crippen molar-refractivity contribution in [2.45, 2.75) is 19.8 Å². The molecule has 6 nitrogen and oxygen atoms in total. The molecule has 1 atom stereocenters. The number of hydrogen-bond acceptors (Lipinski definition) is 5. The Hall–Kier alpha value is -1.82. The van der Waals surface area contributed by atoms with Crippen molar-refractivity contribution in [2.24, 2.45) is 5.92 Å². The molecule has 1 fully saturated rings. The van der Waals surface area contributed by atoms with Crippen LogP contribution in [-0.4, -0.2) is 31.3 Å². The Balaban J connectivity index is 1.96. The Kier molecular flexibility index (Phi) is 5.17. The van der Waals surface area contributed by atoms with Crippen molar-refractivity contribution in [1.29, 1.82) is 0 Å². The number of nitro groups is 1. The molecule has 0 radical (unpaired) electrons. The van der Waals surface area contributed by atoms with E-state index in [1.807, 2.05) is 6.92 Å². The van der Waals surface area contributed by atoms with E-state index in [0.717, 1.165) is 38.3 Å². The summed E-state index contributed by atoms with van der Waals surface area (Å²) < 4.78 is 10.7. The summed E-state index contributed by atoms with van der Waals surface area (Å²) in [5, 5.41) is 14.1. The van der Waals surface area contributed by atoms with Gasteiger partial charge in [0.2, 0.25) is 0 Å². The molecule has 0 aliphatic carbocycles. The number of rotatable bonds is 7.